The molecule has 5 heteroatoms. The molecule has 16 heavy (non-hydrogen) atoms. The quantitative estimate of drug-likeness (QED) is 0.610. The van der Waals surface area contributed by atoms with Gasteiger partial charge in [-0.05, 0) is 20.8 Å². The van der Waals surface area contributed by atoms with Crippen molar-refractivity contribution in [3.05, 3.63) is 0 Å². The summed E-state index contributed by atoms with van der Waals surface area (Å²) in [5, 5.41) is 12.4. The number of aliphatic hydroxyl groups is 1. The van der Waals surface area contributed by atoms with Crippen LogP contribution in [0.1, 0.15) is 20.8 Å². The highest BCUT2D eigenvalue weighted by Gasteiger charge is 2.08. The maximum absolute atomic E-state index is 11.4. The third-order valence-electron chi connectivity index (χ3n) is 2.18. The Morgan fingerprint density at radius 1 is 1.50 bits per heavy atom. The number of likely N-dealkylation sites (N-methyl/N-ethyl adjacent to an activating group) is 1. The van der Waals surface area contributed by atoms with E-state index in [-0.39, 0.29) is 18.6 Å². The largest absolute Gasteiger partial charge is 0.389 e. The van der Waals surface area contributed by atoms with Crippen molar-refractivity contribution >= 4 is 5.91 Å². The molecule has 0 saturated carbocycles. The molecular formula is C11H24N2O3. The summed E-state index contributed by atoms with van der Waals surface area (Å²) in [6.07, 6.45) is -0.454. The Hall–Kier alpha value is -0.650. The second kappa shape index (κ2) is 8.50. The molecule has 0 saturated heterocycles. The van der Waals surface area contributed by atoms with Gasteiger partial charge in [0.2, 0.25) is 5.91 Å². The lowest BCUT2D eigenvalue weighted by Gasteiger charge is -2.17. The van der Waals surface area contributed by atoms with Gasteiger partial charge in [0.25, 0.3) is 0 Å². The maximum atomic E-state index is 11.4. The van der Waals surface area contributed by atoms with Gasteiger partial charge in [-0.2, -0.15) is 0 Å². The van der Waals surface area contributed by atoms with Crippen molar-refractivity contribution < 1.29 is 14.6 Å². The van der Waals surface area contributed by atoms with Crippen LogP contribution in [0, 0.1) is 0 Å². The second-order valence-electron chi connectivity index (χ2n) is 4.07. The summed E-state index contributed by atoms with van der Waals surface area (Å²) in [5.41, 5.74) is 0. The van der Waals surface area contributed by atoms with Crippen molar-refractivity contribution in [3.8, 4) is 0 Å². The van der Waals surface area contributed by atoms with E-state index in [1.807, 2.05) is 20.8 Å². The van der Waals surface area contributed by atoms with E-state index in [4.69, 9.17) is 4.74 Å². The molecule has 0 spiro atoms. The molecular weight excluding hydrogens is 208 g/mol. The summed E-state index contributed by atoms with van der Waals surface area (Å²) < 4.78 is 5.24. The first-order valence-corrected chi connectivity index (χ1v) is 5.71. The molecule has 0 aliphatic rings. The van der Waals surface area contributed by atoms with Crippen LogP contribution in [0.5, 0.6) is 0 Å². The molecule has 0 aromatic heterocycles. The van der Waals surface area contributed by atoms with E-state index >= 15 is 0 Å². The van der Waals surface area contributed by atoms with E-state index in [9.17, 15) is 9.90 Å². The summed E-state index contributed by atoms with van der Waals surface area (Å²) >= 11 is 0. The minimum atomic E-state index is -0.567. The number of ether oxygens (including phenoxy) is 1. The first-order valence-electron chi connectivity index (χ1n) is 5.71. The normalized spacial score (nSPS) is 12.9. The molecule has 5 nitrogen and oxygen atoms in total. The summed E-state index contributed by atoms with van der Waals surface area (Å²) in [5.74, 6) is 0.0273. The van der Waals surface area contributed by atoms with Gasteiger partial charge in [0, 0.05) is 20.1 Å². The van der Waals surface area contributed by atoms with Crippen LogP contribution in [0.4, 0.5) is 0 Å². The first-order chi connectivity index (χ1) is 7.47. The van der Waals surface area contributed by atoms with Crippen LogP contribution in [0.25, 0.3) is 0 Å². The van der Waals surface area contributed by atoms with Gasteiger partial charge in [-0.3, -0.25) is 4.79 Å². The monoisotopic (exact) mass is 232 g/mol. The highest BCUT2D eigenvalue weighted by molar-refractivity contribution is 5.77. The number of aliphatic hydroxyl groups excluding tert-OH is 1. The lowest BCUT2D eigenvalue weighted by Crippen LogP contribution is -2.39. The molecule has 2 N–H and O–H groups in total. The number of hydrogen-bond acceptors (Lipinski definition) is 4. The van der Waals surface area contributed by atoms with Crippen molar-refractivity contribution in [3.63, 3.8) is 0 Å². The fraction of sp³-hybridized carbons (Fsp3) is 0.909. The molecule has 0 aliphatic heterocycles. The van der Waals surface area contributed by atoms with E-state index in [1.54, 1.807) is 11.9 Å². The minimum absolute atomic E-state index is 0.0273. The van der Waals surface area contributed by atoms with Crippen molar-refractivity contribution in [2.45, 2.75) is 33.0 Å². The van der Waals surface area contributed by atoms with Gasteiger partial charge in [0.1, 0.15) is 0 Å². The Balaban J connectivity index is 3.54. The second-order valence-corrected chi connectivity index (χ2v) is 4.07. The van der Waals surface area contributed by atoms with Crippen molar-refractivity contribution in [1.82, 2.24) is 10.2 Å². The third kappa shape index (κ3) is 7.62. The Bertz CT molecular complexity index is 198. The highest BCUT2D eigenvalue weighted by Crippen LogP contribution is 1.91. The fourth-order valence-electron chi connectivity index (χ4n) is 1.02. The summed E-state index contributed by atoms with van der Waals surface area (Å²) in [6, 6.07) is 0. The number of nitrogens with zero attached hydrogens (tertiary/aromatic N) is 1. The van der Waals surface area contributed by atoms with E-state index in [0.717, 1.165) is 0 Å². The Labute approximate surface area is 97.8 Å². The number of carbonyl (C=O) groups excluding carboxylic acids is 1. The van der Waals surface area contributed by atoms with Crippen LogP contribution >= 0.6 is 0 Å². The first kappa shape index (κ1) is 15.3. The van der Waals surface area contributed by atoms with Gasteiger partial charge >= 0.3 is 0 Å². The maximum Gasteiger partial charge on any atom is 0.236 e. The van der Waals surface area contributed by atoms with Gasteiger partial charge in [-0.15, -0.1) is 0 Å². The molecule has 1 unspecified atom stereocenters. The lowest BCUT2D eigenvalue weighted by atomic mass is 10.3. The standard InChI is InChI=1S/C11H24N2O3/c1-5-13(4)11(15)7-12-6-10(14)8-16-9(2)3/h9-10,12,14H,5-8H2,1-4H3. The van der Waals surface area contributed by atoms with Crippen LogP contribution in [0.3, 0.4) is 0 Å². The molecule has 0 bridgehead atoms. The zero-order chi connectivity index (χ0) is 12.6. The fourth-order valence-corrected chi connectivity index (χ4v) is 1.02. The van der Waals surface area contributed by atoms with Crippen molar-refractivity contribution in [2.24, 2.45) is 0 Å². The molecule has 0 fully saturated rings. The molecule has 96 valence electrons. The molecule has 0 heterocycles. The smallest absolute Gasteiger partial charge is 0.236 e. The van der Waals surface area contributed by atoms with Crippen LogP contribution in [0.15, 0.2) is 0 Å². The topological polar surface area (TPSA) is 61.8 Å². The SMILES string of the molecule is CCN(C)C(=O)CNCC(O)COC(C)C. The molecule has 0 rings (SSSR count). The summed E-state index contributed by atoms with van der Waals surface area (Å²) in [4.78, 5) is 13.0. The lowest BCUT2D eigenvalue weighted by molar-refractivity contribution is -0.128. The zero-order valence-electron chi connectivity index (χ0n) is 10.7. The zero-order valence-corrected chi connectivity index (χ0v) is 10.7. The van der Waals surface area contributed by atoms with Gasteiger partial charge in [0.05, 0.1) is 25.4 Å². The Morgan fingerprint density at radius 3 is 2.62 bits per heavy atom. The van der Waals surface area contributed by atoms with E-state index in [0.29, 0.717) is 19.7 Å². The predicted octanol–water partition coefficient (Wildman–Crippen LogP) is -0.160. The average molecular weight is 232 g/mol. The highest BCUT2D eigenvalue weighted by atomic mass is 16.5. The van der Waals surface area contributed by atoms with Crippen molar-refractivity contribution in [2.75, 3.05) is 33.3 Å². The van der Waals surface area contributed by atoms with Crippen molar-refractivity contribution in [1.29, 1.82) is 0 Å². The van der Waals surface area contributed by atoms with Crippen LogP contribution < -0.4 is 5.32 Å². The third-order valence-corrected chi connectivity index (χ3v) is 2.18. The molecule has 0 radical (unpaired) electrons. The van der Waals surface area contributed by atoms with Crippen LogP contribution in [-0.2, 0) is 9.53 Å². The minimum Gasteiger partial charge on any atom is -0.389 e. The van der Waals surface area contributed by atoms with Gasteiger partial charge in [-0.25, -0.2) is 0 Å². The number of nitrogens with one attached hydrogen (secondary N) is 1. The molecule has 0 aromatic carbocycles. The number of amides is 1. The van der Waals surface area contributed by atoms with Crippen LogP contribution in [0.2, 0.25) is 0 Å². The molecule has 0 aromatic rings. The number of hydrogen-bond donors (Lipinski definition) is 2. The Kier molecular flexibility index (Phi) is 8.15. The average Bonchev–Trinajstić information content (AvgIpc) is 2.24. The predicted molar refractivity (Wildman–Crippen MR) is 63.3 cm³/mol. The van der Waals surface area contributed by atoms with Crippen LogP contribution in [-0.4, -0.2) is 61.4 Å². The molecule has 1 atom stereocenters. The summed E-state index contributed by atoms with van der Waals surface area (Å²) in [6.45, 7) is 7.37. The Morgan fingerprint density at radius 2 is 2.12 bits per heavy atom. The van der Waals surface area contributed by atoms with E-state index in [1.165, 1.54) is 0 Å². The van der Waals surface area contributed by atoms with E-state index < -0.39 is 6.10 Å². The van der Waals surface area contributed by atoms with Gasteiger partial charge < -0.3 is 20.1 Å². The summed E-state index contributed by atoms with van der Waals surface area (Å²) in [7, 11) is 1.75. The molecule has 1 amide bonds. The molecule has 0 aliphatic carbocycles. The van der Waals surface area contributed by atoms with Gasteiger partial charge in [0.15, 0.2) is 0 Å². The van der Waals surface area contributed by atoms with Gasteiger partial charge in [-0.1, -0.05) is 0 Å². The number of rotatable bonds is 8. The van der Waals surface area contributed by atoms with E-state index in [2.05, 4.69) is 5.32 Å². The number of carbonyl (C=O) groups is 1.